The molecular formula is C16H23ClN4O5S. The molecule has 1 saturated heterocycles. The number of carbonyl (C=O) groups excluding carboxylic acids is 1. The zero-order valence-corrected chi connectivity index (χ0v) is 16.5. The molecule has 2 heterocycles. The van der Waals surface area contributed by atoms with Gasteiger partial charge in [-0.15, -0.1) is 12.4 Å². The Morgan fingerprint density at radius 2 is 2.15 bits per heavy atom. The van der Waals surface area contributed by atoms with E-state index >= 15 is 0 Å². The van der Waals surface area contributed by atoms with Gasteiger partial charge >= 0.3 is 5.76 Å². The van der Waals surface area contributed by atoms with Crippen molar-refractivity contribution in [1.82, 2.24) is 14.2 Å². The summed E-state index contributed by atoms with van der Waals surface area (Å²) in [5.41, 5.74) is 6.12. The van der Waals surface area contributed by atoms with Crippen LogP contribution in [0.15, 0.2) is 32.3 Å². The summed E-state index contributed by atoms with van der Waals surface area (Å²) in [6.45, 7) is 1.17. The SMILES string of the molecule is Cl.Cn1c(=O)oc2cc(S(=O)(=O)N3CCCC(C(=O)NCCN)C3)ccc21. The molecule has 0 aliphatic carbocycles. The second kappa shape index (κ2) is 8.42. The highest BCUT2D eigenvalue weighted by Crippen LogP contribution is 2.26. The summed E-state index contributed by atoms with van der Waals surface area (Å²) in [5.74, 6) is -1.13. The normalized spacial score (nSPS) is 18.2. The molecule has 1 aromatic carbocycles. The minimum absolute atomic E-state index is 0. The number of hydrogen-bond donors (Lipinski definition) is 2. The third-order valence-corrected chi connectivity index (χ3v) is 6.46. The van der Waals surface area contributed by atoms with Crippen LogP contribution in [0.4, 0.5) is 0 Å². The molecule has 11 heteroatoms. The molecule has 1 aliphatic heterocycles. The topological polar surface area (TPSA) is 128 Å². The Bertz CT molecular complexity index is 984. The number of amides is 1. The molecule has 0 saturated carbocycles. The van der Waals surface area contributed by atoms with Crippen molar-refractivity contribution in [1.29, 1.82) is 0 Å². The van der Waals surface area contributed by atoms with Crippen LogP contribution < -0.4 is 16.8 Å². The van der Waals surface area contributed by atoms with Crippen LogP contribution in [-0.2, 0) is 21.9 Å². The van der Waals surface area contributed by atoms with E-state index in [-0.39, 0.29) is 35.3 Å². The van der Waals surface area contributed by atoms with E-state index in [1.54, 1.807) is 13.1 Å². The van der Waals surface area contributed by atoms with Crippen molar-refractivity contribution in [2.45, 2.75) is 17.7 Å². The highest BCUT2D eigenvalue weighted by atomic mass is 35.5. The smallest absolute Gasteiger partial charge is 0.408 e. The second-order valence-electron chi connectivity index (χ2n) is 6.34. The van der Waals surface area contributed by atoms with Crippen molar-refractivity contribution < 1.29 is 17.6 Å². The molecule has 2 aromatic rings. The quantitative estimate of drug-likeness (QED) is 0.705. The Hall–Kier alpha value is -1.88. The van der Waals surface area contributed by atoms with Gasteiger partial charge in [-0.2, -0.15) is 4.31 Å². The lowest BCUT2D eigenvalue weighted by Crippen LogP contribution is -2.46. The van der Waals surface area contributed by atoms with E-state index in [0.717, 1.165) is 0 Å². The van der Waals surface area contributed by atoms with Crippen LogP contribution >= 0.6 is 12.4 Å². The molecule has 1 unspecified atom stereocenters. The summed E-state index contributed by atoms with van der Waals surface area (Å²) in [5, 5.41) is 2.71. The van der Waals surface area contributed by atoms with Gasteiger partial charge < -0.3 is 15.5 Å². The average molecular weight is 419 g/mol. The number of oxazole rings is 1. The van der Waals surface area contributed by atoms with E-state index in [9.17, 15) is 18.0 Å². The molecule has 1 aromatic heterocycles. The number of nitrogens with zero attached hydrogens (tertiary/aromatic N) is 2. The summed E-state index contributed by atoms with van der Waals surface area (Å²) in [7, 11) is -2.23. The van der Waals surface area contributed by atoms with Crippen LogP contribution in [0, 0.1) is 5.92 Å². The number of nitrogens with two attached hydrogens (primary N) is 1. The molecule has 0 bridgehead atoms. The Balaban J connectivity index is 0.00000261. The lowest BCUT2D eigenvalue weighted by molar-refractivity contribution is -0.126. The van der Waals surface area contributed by atoms with Gasteiger partial charge in [0.15, 0.2) is 5.58 Å². The largest absolute Gasteiger partial charge is 0.419 e. The molecule has 1 amide bonds. The first-order valence-electron chi connectivity index (χ1n) is 8.42. The highest BCUT2D eigenvalue weighted by Gasteiger charge is 2.33. The number of hydrogen-bond acceptors (Lipinski definition) is 6. The van der Waals surface area contributed by atoms with Crippen LogP contribution in [0.1, 0.15) is 12.8 Å². The van der Waals surface area contributed by atoms with E-state index in [4.69, 9.17) is 10.2 Å². The molecule has 1 atom stereocenters. The van der Waals surface area contributed by atoms with Crippen molar-refractivity contribution in [3.05, 3.63) is 28.7 Å². The minimum atomic E-state index is -3.79. The maximum atomic E-state index is 13.0. The van der Waals surface area contributed by atoms with Gasteiger partial charge in [0.05, 0.1) is 16.3 Å². The zero-order chi connectivity index (χ0) is 18.9. The fourth-order valence-corrected chi connectivity index (χ4v) is 4.68. The average Bonchev–Trinajstić information content (AvgIpc) is 2.93. The predicted molar refractivity (Wildman–Crippen MR) is 102 cm³/mol. The Morgan fingerprint density at radius 3 is 2.85 bits per heavy atom. The first kappa shape index (κ1) is 21.4. The van der Waals surface area contributed by atoms with Gasteiger partial charge in [0.1, 0.15) is 0 Å². The fourth-order valence-electron chi connectivity index (χ4n) is 3.14. The summed E-state index contributed by atoms with van der Waals surface area (Å²) < 4.78 is 33.6. The van der Waals surface area contributed by atoms with E-state index in [2.05, 4.69) is 5.32 Å². The fraction of sp³-hybridized carbons (Fsp3) is 0.500. The minimum Gasteiger partial charge on any atom is -0.408 e. The van der Waals surface area contributed by atoms with Crippen molar-refractivity contribution in [3.63, 3.8) is 0 Å². The Labute approximate surface area is 163 Å². The number of fused-ring (bicyclic) bond motifs is 1. The van der Waals surface area contributed by atoms with Crippen molar-refractivity contribution in [2.75, 3.05) is 26.2 Å². The number of aromatic nitrogens is 1. The van der Waals surface area contributed by atoms with Crippen molar-refractivity contribution in [3.8, 4) is 0 Å². The number of halogens is 1. The summed E-state index contributed by atoms with van der Waals surface area (Å²) in [6.07, 6.45) is 1.23. The standard InChI is InChI=1S/C16H22N4O5S.ClH/c1-19-13-5-4-12(9-14(13)25-16(19)22)26(23,24)20-8-2-3-11(10-20)15(21)18-7-6-17;/h4-5,9,11H,2-3,6-8,10,17H2,1H3,(H,18,21);1H. The van der Waals surface area contributed by atoms with Gasteiger partial charge in [0, 0.05) is 39.3 Å². The van der Waals surface area contributed by atoms with Crippen LogP contribution in [0.25, 0.3) is 11.1 Å². The first-order chi connectivity index (χ1) is 12.3. The molecular weight excluding hydrogens is 396 g/mol. The molecule has 0 radical (unpaired) electrons. The van der Waals surface area contributed by atoms with E-state index in [0.29, 0.717) is 38.0 Å². The van der Waals surface area contributed by atoms with Crippen molar-refractivity contribution in [2.24, 2.45) is 18.7 Å². The van der Waals surface area contributed by atoms with Gasteiger partial charge in [-0.25, -0.2) is 13.2 Å². The maximum absolute atomic E-state index is 13.0. The van der Waals surface area contributed by atoms with Gasteiger partial charge in [-0.05, 0) is 25.0 Å². The predicted octanol–water partition coefficient (Wildman–Crippen LogP) is 0.0289. The maximum Gasteiger partial charge on any atom is 0.419 e. The van der Waals surface area contributed by atoms with Gasteiger partial charge in [0.25, 0.3) is 0 Å². The molecule has 27 heavy (non-hydrogen) atoms. The number of aryl methyl sites for hydroxylation is 1. The van der Waals surface area contributed by atoms with Gasteiger partial charge in [0.2, 0.25) is 15.9 Å². The molecule has 9 nitrogen and oxygen atoms in total. The van der Waals surface area contributed by atoms with E-state index < -0.39 is 21.7 Å². The van der Waals surface area contributed by atoms with Gasteiger partial charge in [-0.1, -0.05) is 0 Å². The molecule has 0 spiro atoms. The molecule has 3 rings (SSSR count). The third-order valence-electron chi connectivity index (χ3n) is 4.60. The number of sulfonamides is 1. The highest BCUT2D eigenvalue weighted by molar-refractivity contribution is 7.89. The van der Waals surface area contributed by atoms with Crippen LogP contribution in [0.3, 0.4) is 0 Å². The first-order valence-corrected chi connectivity index (χ1v) is 9.86. The summed E-state index contributed by atoms with van der Waals surface area (Å²) >= 11 is 0. The number of carbonyl (C=O) groups is 1. The summed E-state index contributed by atoms with van der Waals surface area (Å²) in [6, 6.07) is 4.34. The monoisotopic (exact) mass is 418 g/mol. The number of benzene rings is 1. The number of piperidine rings is 1. The van der Waals surface area contributed by atoms with E-state index in [1.165, 1.54) is 21.0 Å². The Kier molecular flexibility index (Phi) is 6.68. The molecule has 150 valence electrons. The lowest BCUT2D eigenvalue weighted by atomic mass is 9.99. The Morgan fingerprint density at radius 1 is 1.41 bits per heavy atom. The van der Waals surface area contributed by atoms with Crippen LogP contribution in [-0.4, -0.2) is 49.4 Å². The van der Waals surface area contributed by atoms with E-state index in [1.807, 2.05) is 0 Å². The second-order valence-corrected chi connectivity index (χ2v) is 8.28. The number of nitrogens with one attached hydrogen (secondary N) is 1. The molecule has 3 N–H and O–H groups in total. The van der Waals surface area contributed by atoms with Crippen molar-refractivity contribution >= 4 is 39.4 Å². The van der Waals surface area contributed by atoms with Gasteiger partial charge in [-0.3, -0.25) is 9.36 Å². The van der Waals surface area contributed by atoms with Crippen LogP contribution in [0.2, 0.25) is 0 Å². The lowest BCUT2D eigenvalue weighted by Gasteiger charge is -2.31. The number of rotatable bonds is 5. The molecule has 1 fully saturated rings. The molecule has 1 aliphatic rings. The zero-order valence-electron chi connectivity index (χ0n) is 14.9. The van der Waals surface area contributed by atoms with Crippen LogP contribution in [0.5, 0.6) is 0 Å². The summed E-state index contributed by atoms with van der Waals surface area (Å²) in [4.78, 5) is 23.8. The third kappa shape index (κ3) is 4.18.